The first-order chi connectivity index (χ1) is 13.1. The van der Waals surface area contributed by atoms with E-state index in [2.05, 4.69) is 16.8 Å². The molecule has 3 rings (SSSR count). The summed E-state index contributed by atoms with van der Waals surface area (Å²) in [6.07, 6.45) is 3.18. The first-order valence-corrected chi connectivity index (χ1v) is 8.53. The van der Waals surface area contributed by atoms with Crippen molar-refractivity contribution in [1.82, 2.24) is 0 Å². The lowest BCUT2D eigenvalue weighted by Crippen LogP contribution is -2.30. The Morgan fingerprint density at radius 3 is 2.70 bits per heavy atom. The minimum atomic E-state index is -0.210. The molecule has 0 atom stereocenters. The van der Waals surface area contributed by atoms with Crippen molar-refractivity contribution in [3.05, 3.63) is 65.2 Å². The Hall–Kier alpha value is -3.12. The van der Waals surface area contributed by atoms with Crippen LogP contribution in [0.4, 0.5) is 5.69 Å². The topological polar surface area (TPSA) is 63.5 Å². The van der Waals surface area contributed by atoms with Crippen LogP contribution >= 0.6 is 11.6 Å². The standard InChI is InChI=1S/C20H18ClN3O3/c1-4-9-24-16-8-6-5-7-14(16)18(20(24)25)23-22-12-13-10-15(21)19(27-3)17(11-13)26-2/h4-8,10-12H,1,9H2,2-3H3/b22-12-,23-18-. The first-order valence-electron chi connectivity index (χ1n) is 8.15. The summed E-state index contributed by atoms with van der Waals surface area (Å²) in [4.78, 5) is 14.3. The molecule has 0 fully saturated rings. The maximum Gasteiger partial charge on any atom is 0.279 e. The number of rotatable bonds is 6. The zero-order valence-electron chi connectivity index (χ0n) is 15.0. The molecule has 1 aliphatic rings. The van der Waals surface area contributed by atoms with E-state index in [-0.39, 0.29) is 11.6 Å². The molecule has 0 N–H and O–H groups in total. The number of hydrogen-bond donors (Lipinski definition) is 0. The molecule has 0 saturated carbocycles. The minimum Gasteiger partial charge on any atom is -0.493 e. The van der Waals surface area contributed by atoms with Gasteiger partial charge in [0.05, 0.1) is 31.1 Å². The van der Waals surface area contributed by atoms with E-state index in [0.717, 1.165) is 11.3 Å². The summed E-state index contributed by atoms with van der Waals surface area (Å²) < 4.78 is 10.5. The zero-order chi connectivity index (χ0) is 19.4. The van der Waals surface area contributed by atoms with E-state index in [4.69, 9.17) is 21.1 Å². The predicted octanol–water partition coefficient (Wildman–Crippen LogP) is 3.71. The second kappa shape index (κ2) is 8.05. The van der Waals surface area contributed by atoms with E-state index >= 15 is 0 Å². The molecule has 138 valence electrons. The summed E-state index contributed by atoms with van der Waals surface area (Å²) in [6, 6.07) is 10.9. The number of methoxy groups -OCH3 is 2. The van der Waals surface area contributed by atoms with E-state index in [0.29, 0.717) is 28.6 Å². The van der Waals surface area contributed by atoms with Crippen molar-refractivity contribution in [3.8, 4) is 11.5 Å². The highest BCUT2D eigenvalue weighted by atomic mass is 35.5. The lowest BCUT2D eigenvalue weighted by molar-refractivity contribution is -0.112. The van der Waals surface area contributed by atoms with Crippen LogP contribution in [0, 0.1) is 0 Å². The Bertz CT molecular complexity index is 953. The summed E-state index contributed by atoms with van der Waals surface area (Å²) in [5, 5.41) is 8.61. The third-order valence-corrected chi connectivity index (χ3v) is 4.31. The van der Waals surface area contributed by atoms with Crippen molar-refractivity contribution in [3.63, 3.8) is 0 Å². The van der Waals surface area contributed by atoms with Crippen LogP contribution < -0.4 is 14.4 Å². The van der Waals surface area contributed by atoms with Crippen molar-refractivity contribution >= 4 is 35.1 Å². The highest BCUT2D eigenvalue weighted by Gasteiger charge is 2.32. The highest BCUT2D eigenvalue weighted by Crippen LogP contribution is 2.35. The fourth-order valence-electron chi connectivity index (χ4n) is 2.83. The van der Waals surface area contributed by atoms with Gasteiger partial charge in [0.25, 0.3) is 5.91 Å². The number of halogens is 1. The molecule has 1 aliphatic heterocycles. The molecular weight excluding hydrogens is 366 g/mol. The van der Waals surface area contributed by atoms with Crippen LogP contribution in [0.25, 0.3) is 0 Å². The predicted molar refractivity (Wildman–Crippen MR) is 108 cm³/mol. The molecule has 0 unspecified atom stereocenters. The van der Waals surface area contributed by atoms with Crippen molar-refractivity contribution < 1.29 is 14.3 Å². The van der Waals surface area contributed by atoms with Gasteiger partial charge < -0.3 is 14.4 Å². The third kappa shape index (κ3) is 3.57. The summed E-state index contributed by atoms with van der Waals surface area (Å²) >= 11 is 6.19. The van der Waals surface area contributed by atoms with Gasteiger partial charge in [-0.05, 0) is 18.2 Å². The second-order valence-corrected chi connectivity index (χ2v) is 6.06. The molecule has 27 heavy (non-hydrogen) atoms. The van der Waals surface area contributed by atoms with Gasteiger partial charge in [0.2, 0.25) is 0 Å². The number of nitrogens with zero attached hydrogens (tertiary/aromatic N) is 3. The average molecular weight is 384 g/mol. The largest absolute Gasteiger partial charge is 0.493 e. The number of amides is 1. The Balaban J connectivity index is 1.93. The monoisotopic (exact) mass is 383 g/mol. The molecule has 0 saturated heterocycles. The summed E-state index contributed by atoms with van der Waals surface area (Å²) in [6.45, 7) is 4.11. The quantitative estimate of drug-likeness (QED) is 0.434. The maximum atomic E-state index is 12.6. The molecule has 0 aliphatic carbocycles. The van der Waals surface area contributed by atoms with Gasteiger partial charge in [-0.2, -0.15) is 5.10 Å². The SMILES string of the molecule is C=CCN1C(=O)/C(=N\N=C/c2cc(Cl)c(OC)c(OC)c2)c2ccccc21. The number of anilines is 1. The van der Waals surface area contributed by atoms with Gasteiger partial charge in [0, 0.05) is 17.7 Å². The molecule has 7 heteroatoms. The van der Waals surface area contributed by atoms with Crippen molar-refractivity contribution in [2.45, 2.75) is 0 Å². The van der Waals surface area contributed by atoms with Crippen molar-refractivity contribution in [1.29, 1.82) is 0 Å². The molecule has 1 amide bonds. The zero-order valence-corrected chi connectivity index (χ0v) is 15.7. The second-order valence-electron chi connectivity index (χ2n) is 5.65. The van der Waals surface area contributed by atoms with E-state index in [1.807, 2.05) is 24.3 Å². The molecule has 2 aromatic carbocycles. The number of ether oxygens (including phenoxy) is 2. The number of carbonyl (C=O) groups excluding carboxylic acids is 1. The lowest BCUT2D eigenvalue weighted by Gasteiger charge is -2.13. The van der Waals surface area contributed by atoms with Gasteiger partial charge in [0.15, 0.2) is 17.2 Å². The molecule has 2 aromatic rings. The van der Waals surface area contributed by atoms with Crippen LogP contribution in [-0.4, -0.2) is 38.6 Å². The lowest BCUT2D eigenvalue weighted by atomic mass is 10.1. The first kappa shape index (κ1) is 18.7. The van der Waals surface area contributed by atoms with Crippen LogP contribution in [0.1, 0.15) is 11.1 Å². The van der Waals surface area contributed by atoms with Crippen molar-refractivity contribution in [2.24, 2.45) is 10.2 Å². The van der Waals surface area contributed by atoms with E-state index in [1.54, 1.807) is 23.1 Å². The number of para-hydroxylation sites is 1. The maximum absolute atomic E-state index is 12.6. The number of hydrogen-bond acceptors (Lipinski definition) is 5. The fourth-order valence-corrected chi connectivity index (χ4v) is 3.13. The van der Waals surface area contributed by atoms with Crippen LogP contribution in [0.2, 0.25) is 5.02 Å². The Morgan fingerprint density at radius 2 is 2.00 bits per heavy atom. The average Bonchev–Trinajstić information content (AvgIpc) is 2.94. The molecule has 6 nitrogen and oxygen atoms in total. The van der Waals surface area contributed by atoms with Crippen LogP contribution in [0.15, 0.2) is 59.3 Å². The van der Waals surface area contributed by atoms with Gasteiger partial charge in [-0.1, -0.05) is 35.9 Å². The highest BCUT2D eigenvalue weighted by molar-refractivity contribution is 6.54. The van der Waals surface area contributed by atoms with E-state index in [9.17, 15) is 4.79 Å². The summed E-state index contributed by atoms with van der Waals surface area (Å²) in [7, 11) is 3.04. The molecule has 0 spiro atoms. The number of fused-ring (bicyclic) bond motifs is 1. The van der Waals surface area contributed by atoms with Crippen LogP contribution in [-0.2, 0) is 4.79 Å². The van der Waals surface area contributed by atoms with Crippen molar-refractivity contribution in [2.75, 3.05) is 25.7 Å². The third-order valence-electron chi connectivity index (χ3n) is 4.03. The number of carbonyl (C=O) groups is 1. The summed E-state index contributed by atoms with van der Waals surface area (Å²) in [5.74, 6) is 0.722. The van der Waals surface area contributed by atoms with Gasteiger partial charge in [-0.25, -0.2) is 0 Å². The molecule has 0 bridgehead atoms. The van der Waals surface area contributed by atoms with Gasteiger partial charge in [-0.15, -0.1) is 11.7 Å². The van der Waals surface area contributed by atoms with E-state index in [1.165, 1.54) is 20.4 Å². The smallest absolute Gasteiger partial charge is 0.279 e. The van der Waals surface area contributed by atoms with Crippen LogP contribution in [0.5, 0.6) is 11.5 Å². The minimum absolute atomic E-state index is 0.210. The van der Waals surface area contributed by atoms with Crippen LogP contribution in [0.3, 0.4) is 0 Å². The molecule has 1 heterocycles. The van der Waals surface area contributed by atoms with Gasteiger partial charge in [-0.3, -0.25) is 4.79 Å². The fraction of sp³-hybridized carbons (Fsp3) is 0.150. The number of benzene rings is 2. The Morgan fingerprint density at radius 1 is 1.22 bits per heavy atom. The Kier molecular flexibility index (Phi) is 5.57. The summed E-state index contributed by atoms with van der Waals surface area (Å²) in [5.41, 5.74) is 2.50. The van der Waals surface area contributed by atoms with E-state index < -0.39 is 0 Å². The molecular formula is C20H18ClN3O3. The Labute approximate surface area is 162 Å². The molecule has 0 radical (unpaired) electrons. The molecule has 0 aromatic heterocycles. The normalized spacial score (nSPS) is 14.7. The van der Waals surface area contributed by atoms with Gasteiger partial charge >= 0.3 is 0 Å². The van der Waals surface area contributed by atoms with Gasteiger partial charge in [0.1, 0.15) is 0 Å².